The Hall–Kier alpha value is -2.67. The SMILES string of the molecule is N#CC1CSCCC1n1cc(C(N)=O)c(Nc2ccc(C(F)(F)F)cc2)n1. The summed E-state index contributed by atoms with van der Waals surface area (Å²) < 4.78 is 39.6. The zero-order valence-electron chi connectivity index (χ0n) is 14.0. The molecule has 1 fully saturated rings. The molecule has 0 radical (unpaired) electrons. The minimum atomic E-state index is -4.43. The summed E-state index contributed by atoms with van der Waals surface area (Å²) in [6.45, 7) is 0. The number of hydrogen-bond acceptors (Lipinski definition) is 5. The van der Waals surface area contributed by atoms with Gasteiger partial charge in [0, 0.05) is 17.6 Å². The van der Waals surface area contributed by atoms with E-state index in [0.717, 1.165) is 24.3 Å². The molecule has 0 bridgehead atoms. The van der Waals surface area contributed by atoms with Crippen LogP contribution in [0.3, 0.4) is 0 Å². The fraction of sp³-hybridized carbons (Fsp3) is 0.353. The van der Waals surface area contributed by atoms with E-state index in [9.17, 15) is 23.2 Å². The molecule has 3 N–H and O–H groups in total. The first-order valence-electron chi connectivity index (χ1n) is 8.10. The van der Waals surface area contributed by atoms with Crippen LogP contribution in [0.25, 0.3) is 0 Å². The Morgan fingerprint density at radius 1 is 1.37 bits per heavy atom. The molecule has 27 heavy (non-hydrogen) atoms. The van der Waals surface area contributed by atoms with E-state index in [-0.39, 0.29) is 23.3 Å². The molecule has 0 aliphatic carbocycles. The zero-order valence-corrected chi connectivity index (χ0v) is 14.8. The summed E-state index contributed by atoms with van der Waals surface area (Å²) in [5.41, 5.74) is 5.09. The summed E-state index contributed by atoms with van der Waals surface area (Å²) in [5.74, 6) is 0.736. The summed E-state index contributed by atoms with van der Waals surface area (Å²) in [5, 5.41) is 16.5. The molecule has 1 aromatic carbocycles. The normalized spacial score (nSPS) is 20.1. The number of anilines is 2. The number of thioether (sulfide) groups is 1. The van der Waals surface area contributed by atoms with E-state index in [0.29, 0.717) is 11.4 Å². The Morgan fingerprint density at radius 2 is 2.07 bits per heavy atom. The fourth-order valence-electron chi connectivity index (χ4n) is 2.88. The molecule has 2 atom stereocenters. The molecule has 2 aromatic rings. The number of nitrogens with two attached hydrogens (primary N) is 1. The van der Waals surface area contributed by atoms with E-state index in [2.05, 4.69) is 16.5 Å². The average molecular weight is 395 g/mol. The molecule has 3 rings (SSSR count). The number of nitriles is 1. The van der Waals surface area contributed by atoms with Crippen LogP contribution in [-0.4, -0.2) is 27.2 Å². The van der Waals surface area contributed by atoms with Gasteiger partial charge in [-0.1, -0.05) is 0 Å². The van der Waals surface area contributed by atoms with Gasteiger partial charge in [-0.2, -0.15) is 35.3 Å². The summed E-state index contributed by atoms with van der Waals surface area (Å²) in [7, 11) is 0. The predicted molar refractivity (Wildman–Crippen MR) is 95.6 cm³/mol. The Bertz CT molecular complexity index is 872. The van der Waals surface area contributed by atoms with E-state index in [1.807, 2.05) is 0 Å². The summed E-state index contributed by atoms with van der Waals surface area (Å²) in [4.78, 5) is 11.8. The topological polar surface area (TPSA) is 96.7 Å². The Balaban J connectivity index is 1.88. The number of halogens is 3. The van der Waals surface area contributed by atoms with Crippen LogP contribution in [0.15, 0.2) is 30.5 Å². The lowest BCUT2D eigenvalue weighted by atomic mass is 10.0. The maximum atomic E-state index is 12.7. The number of hydrogen-bond donors (Lipinski definition) is 2. The Morgan fingerprint density at radius 3 is 2.67 bits per heavy atom. The number of nitrogens with zero attached hydrogens (tertiary/aromatic N) is 3. The number of primary amides is 1. The van der Waals surface area contributed by atoms with Crippen LogP contribution in [0.1, 0.15) is 28.4 Å². The van der Waals surface area contributed by atoms with Crippen molar-refractivity contribution >= 4 is 29.2 Å². The van der Waals surface area contributed by atoms with Crippen molar-refractivity contribution < 1.29 is 18.0 Å². The first kappa shape index (κ1) is 19.1. The summed E-state index contributed by atoms with van der Waals surface area (Å²) in [6.07, 6.45) is -2.22. The number of carbonyl (C=O) groups is 1. The summed E-state index contributed by atoms with van der Waals surface area (Å²) in [6, 6.07) is 6.45. The maximum absolute atomic E-state index is 12.7. The smallest absolute Gasteiger partial charge is 0.365 e. The van der Waals surface area contributed by atoms with Crippen LogP contribution in [0.5, 0.6) is 0 Å². The van der Waals surface area contributed by atoms with E-state index < -0.39 is 17.6 Å². The molecule has 0 spiro atoms. The standard InChI is InChI=1S/C17H16F3N5OS/c18-17(19,20)11-1-3-12(4-2-11)23-16-13(15(22)26)8-25(24-16)14-5-6-27-9-10(14)7-21/h1-4,8,10,14H,5-6,9H2,(H2,22,26)(H,23,24). The van der Waals surface area contributed by atoms with Gasteiger partial charge in [-0.05, 0) is 36.4 Å². The third kappa shape index (κ3) is 4.19. The average Bonchev–Trinajstić information content (AvgIpc) is 3.05. The molecule has 10 heteroatoms. The number of nitrogens with one attached hydrogen (secondary N) is 1. The molecule has 1 saturated heterocycles. The van der Waals surface area contributed by atoms with Gasteiger partial charge in [0.15, 0.2) is 5.82 Å². The molecule has 142 valence electrons. The highest BCUT2D eigenvalue weighted by Crippen LogP contribution is 2.34. The van der Waals surface area contributed by atoms with Gasteiger partial charge >= 0.3 is 6.18 Å². The second kappa shape index (κ2) is 7.52. The van der Waals surface area contributed by atoms with Gasteiger partial charge in [-0.3, -0.25) is 9.48 Å². The maximum Gasteiger partial charge on any atom is 0.416 e. The number of benzene rings is 1. The van der Waals surface area contributed by atoms with Gasteiger partial charge in [-0.25, -0.2) is 0 Å². The number of aromatic nitrogens is 2. The first-order valence-corrected chi connectivity index (χ1v) is 9.25. The molecule has 6 nitrogen and oxygen atoms in total. The molecule has 2 heterocycles. The monoisotopic (exact) mass is 395 g/mol. The Kier molecular flexibility index (Phi) is 5.32. The van der Waals surface area contributed by atoms with Crippen molar-refractivity contribution in [2.75, 3.05) is 16.8 Å². The van der Waals surface area contributed by atoms with Crippen molar-refractivity contribution in [3.63, 3.8) is 0 Å². The fourth-order valence-corrected chi connectivity index (χ4v) is 4.01. The highest BCUT2D eigenvalue weighted by Gasteiger charge is 2.31. The molecule has 1 aromatic heterocycles. The van der Waals surface area contributed by atoms with Crippen molar-refractivity contribution in [3.8, 4) is 6.07 Å². The third-order valence-corrected chi connectivity index (χ3v) is 5.42. The minimum Gasteiger partial charge on any atom is -0.365 e. The number of carbonyl (C=O) groups excluding carboxylic acids is 1. The molecule has 2 unspecified atom stereocenters. The lowest BCUT2D eigenvalue weighted by Crippen LogP contribution is -2.25. The molecule has 0 saturated carbocycles. The lowest BCUT2D eigenvalue weighted by molar-refractivity contribution is -0.137. The van der Waals surface area contributed by atoms with Crippen molar-refractivity contribution in [1.82, 2.24) is 9.78 Å². The quantitative estimate of drug-likeness (QED) is 0.825. The van der Waals surface area contributed by atoms with Crippen molar-refractivity contribution in [2.45, 2.75) is 18.6 Å². The molecule has 1 amide bonds. The van der Waals surface area contributed by atoms with Gasteiger partial charge in [0.2, 0.25) is 0 Å². The van der Waals surface area contributed by atoms with E-state index in [1.165, 1.54) is 18.3 Å². The second-order valence-electron chi connectivity index (χ2n) is 6.10. The van der Waals surface area contributed by atoms with Gasteiger partial charge in [0.1, 0.15) is 5.56 Å². The van der Waals surface area contributed by atoms with Crippen LogP contribution in [0, 0.1) is 17.2 Å². The second-order valence-corrected chi connectivity index (χ2v) is 7.25. The van der Waals surface area contributed by atoms with Gasteiger partial charge < -0.3 is 11.1 Å². The van der Waals surface area contributed by atoms with Crippen molar-refractivity contribution in [3.05, 3.63) is 41.6 Å². The van der Waals surface area contributed by atoms with E-state index in [4.69, 9.17) is 5.73 Å². The molecular weight excluding hydrogens is 379 g/mol. The van der Waals surface area contributed by atoms with Crippen LogP contribution in [0.2, 0.25) is 0 Å². The predicted octanol–water partition coefficient (Wildman–Crippen LogP) is 3.56. The Labute approximate surface area is 157 Å². The zero-order chi connectivity index (χ0) is 19.6. The van der Waals surface area contributed by atoms with Gasteiger partial charge in [0.25, 0.3) is 5.91 Å². The van der Waals surface area contributed by atoms with Crippen LogP contribution in [0.4, 0.5) is 24.7 Å². The van der Waals surface area contributed by atoms with Crippen molar-refractivity contribution in [1.29, 1.82) is 5.26 Å². The van der Waals surface area contributed by atoms with Gasteiger partial charge in [-0.15, -0.1) is 0 Å². The lowest BCUT2D eigenvalue weighted by Gasteiger charge is -2.26. The number of alkyl halides is 3. The molecule has 1 aliphatic heterocycles. The highest BCUT2D eigenvalue weighted by molar-refractivity contribution is 7.99. The van der Waals surface area contributed by atoms with Gasteiger partial charge in [0.05, 0.1) is 23.6 Å². The van der Waals surface area contributed by atoms with E-state index >= 15 is 0 Å². The van der Waals surface area contributed by atoms with Crippen molar-refractivity contribution in [2.24, 2.45) is 11.7 Å². The first-order chi connectivity index (χ1) is 12.8. The number of amides is 1. The van der Waals surface area contributed by atoms with Crippen LogP contribution >= 0.6 is 11.8 Å². The minimum absolute atomic E-state index is 0.116. The summed E-state index contributed by atoms with van der Waals surface area (Å²) >= 11 is 1.69. The largest absolute Gasteiger partial charge is 0.416 e. The van der Waals surface area contributed by atoms with Crippen LogP contribution < -0.4 is 11.1 Å². The number of rotatable bonds is 4. The van der Waals surface area contributed by atoms with Crippen LogP contribution in [-0.2, 0) is 6.18 Å². The highest BCUT2D eigenvalue weighted by atomic mass is 32.2. The molecule has 1 aliphatic rings. The third-order valence-electron chi connectivity index (χ3n) is 4.30. The molecular formula is C17H16F3N5OS. The van der Waals surface area contributed by atoms with E-state index in [1.54, 1.807) is 16.4 Å².